The van der Waals surface area contributed by atoms with Crippen molar-refractivity contribution >= 4 is 45.8 Å². The molecule has 0 fully saturated rings. The number of alkyl halides is 1. The number of carbonyl (C=O) groups is 1. The molecule has 2 N–H and O–H groups in total. The number of nitrogens with zero attached hydrogens (tertiary/aromatic N) is 1. The third kappa shape index (κ3) is 5.09. The molecule has 6 heteroatoms. The highest BCUT2D eigenvalue weighted by Crippen LogP contribution is 2.17. The first-order valence-electron chi connectivity index (χ1n) is 5.55. The Labute approximate surface area is 131 Å². The summed E-state index contributed by atoms with van der Waals surface area (Å²) in [5.74, 6) is -0.118. The van der Waals surface area contributed by atoms with Crippen LogP contribution in [0, 0.1) is 21.8 Å². The fourth-order valence-electron chi connectivity index (χ4n) is 1.34. The number of aryl methyl sites for hydroxylation is 1. The summed E-state index contributed by atoms with van der Waals surface area (Å²) >= 11 is 7.69. The minimum atomic E-state index is -0.432. The second-order valence-electron chi connectivity index (χ2n) is 3.72. The highest BCUT2D eigenvalue weighted by Gasteiger charge is 2.07. The summed E-state index contributed by atoms with van der Waals surface area (Å²) in [6.45, 7) is 2.29. The number of amides is 1. The monoisotopic (exact) mass is 389 g/mol. The van der Waals surface area contributed by atoms with E-state index in [-0.39, 0.29) is 5.57 Å². The highest BCUT2D eigenvalue weighted by molar-refractivity contribution is 14.1. The van der Waals surface area contributed by atoms with Crippen LogP contribution in [0.15, 0.2) is 30.0 Å². The lowest BCUT2D eigenvalue weighted by Crippen LogP contribution is -2.26. The van der Waals surface area contributed by atoms with Crippen molar-refractivity contribution < 1.29 is 4.79 Å². The number of hydrogen-bond acceptors (Lipinski definition) is 3. The first kappa shape index (κ1) is 15.8. The lowest BCUT2D eigenvalue weighted by molar-refractivity contribution is -0.117. The van der Waals surface area contributed by atoms with E-state index in [1.165, 1.54) is 6.20 Å². The van der Waals surface area contributed by atoms with Crippen LogP contribution in [-0.2, 0) is 4.79 Å². The normalized spacial score (nSPS) is 10.7. The Bertz CT molecular complexity index is 537. The van der Waals surface area contributed by atoms with Crippen molar-refractivity contribution in [3.63, 3.8) is 0 Å². The molecular formula is C13H13ClIN3O. The minimum Gasteiger partial charge on any atom is -0.360 e. The Morgan fingerprint density at radius 2 is 2.32 bits per heavy atom. The van der Waals surface area contributed by atoms with E-state index in [4.69, 9.17) is 16.9 Å². The molecule has 1 amide bonds. The zero-order valence-electron chi connectivity index (χ0n) is 10.3. The van der Waals surface area contributed by atoms with Gasteiger partial charge in [-0.3, -0.25) is 4.79 Å². The maximum absolute atomic E-state index is 11.6. The second kappa shape index (κ2) is 8.02. The zero-order chi connectivity index (χ0) is 14.3. The van der Waals surface area contributed by atoms with Crippen LogP contribution < -0.4 is 10.6 Å². The lowest BCUT2D eigenvalue weighted by Gasteiger charge is -2.07. The maximum atomic E-state index is 11.6. The van der Waals surface area contributed by atoms with E-state index in [1.807, 2.05) is 31.2 Å². The van der Waals surface area contributed by atoms with Gasteiger partial charge in [0.1, 0.15) is 11.6 Å². The van der Waals surface area contributed by atoms with Gasteiger partial charge in [0.25, 0.3) is 5.91 Å². The van der Waals surface area contributed by atoms with Gasteiger partial charge in [0, 0.05) is 27.9 Å². The molecule has 0 saturated heterocycles. The number of rotatable bonds is 5. The molecule has 0 heterocycles. The van der Waals surface area contributed by atoms with E-state index in [1.54, 1.807) is 0 Å². The van der Waals surface area contributed by atoms with Crippen LogP contribution >= 0.6 is 34.2 Å². The van der Waals surface area contributed by atoms with E-state index in [0.29, 0.717) is 12.4 Å². The molecule has 0 saturated carbocycles. The average molecular weight is 390 g/mol. The van der Waals surface area contributed by atoms with Crippen molar-refractivity contribution in [3.05, 3.63) is 39.1 Å². The van der Waals surface area contributed by atoms with Gasteiger partial charge < -0.3 is 10.6 Å². The molecule has 0 aliphatic carbocycles. The predicted octanol–water partition coefficient (Wildman–Crippen LogP) is 2.77. The van der Waals surface area contributed by atoms with Crippen molar-refractivity contribution in [3.8, 4) is 6.07 Å². The number of nitriles is 1. The first-order valence-corrected chi connectivity index (χ1v) is 7.17. The molecule has 0 aromatic heterocycles. The molecule has 0 unspecified atom stereocenters. The van der Waals surface area contributed by atoms with E-state index < -0.39 is 5.91 Å². The van der Waals surface area contributed by atoms with Crippen molar-refractivity contribution in [1.29, 1.82) is 5.26 Å². The maximum Gasteiger partial charge on any atom is 0.263 e. The van der Waals surface area contributed by atoms with Gasteiger partial charge in [0.2, 0.25) is 0 Å². The van der Waals surface area contributed by atoms with Crippen molar-refractivity contribution in [2.24, 2.45) is 0 Å². The van der Waals surface area contributed by atoms with E-state index in [2.05, 4.69) is 33.2 Å². The average Bonchev–Trinajstić information content (AvgIpc) is 2.39. The summed E-state index contributed by atoms with van der Waals surface area (Å²) in [6.07, 6.45) is 1.40. The summed E-state index contributed by atoms with van der Waals surface area (Å²) in [5, 5.41) is 14.4. The standard InChI is InChI=1S/C13H13ClIN3O/c1-9-6-11(15)2-3-12(9)18-8-10(7-16)13(19)17-5-4-14/h2-3,6,8,18H,4-5H2,1H3,(H,17,19)/b10-8-. The van der Waals surface area contributed by atoms with Crippen LogP contribution in [0.2, 0.25) is 0 Å². The third-order valence-electron chi connectivity index (χ3n) is 2.31. The van der Waals surface area contributed by atoms with Gasteiger partial charge in [0.05, 0.1) is 0 Å². The Hall–Kier alpha value is -1.26. The van der Waals surface area contributed by atoms with Crippen LogP contribution in [0.3, 0.4) is 0 Å². The van der Waals surface area contributed by atoms with Crippen molar-refractivity contribution in [1.82, 2.24) is 5.32 Å². The Morgan fingerprint density at radius 1 is 1.58 bits per heavy atom. The number of anilines is 1. The second-order valence-corrected chi connectivity index (χ2v) is 5.34. The Morgan fingerprint density at radius 3 is 2.89 bits per heavy atom. The topological polar surface area (TPSA) is 64.9 Å². The summed E-state index contributed by atoms with van der Waals surface area (Å²) in [7, 11) is 0. The fourth-order valence-corrected chi connectivity index (χ4v) is 2.08. The van der Waals surface area contributed by atoms with Crippen molar-refractivity contribution in [2.75, 3.05) is 17.7 Å². The lowest BCUT2D eigenvalue weighted by atomic mass is 10.2. The summed E-state index contributed by atoms with van der Waals surface area (Å²) in [5.41, 5.74) is 1.92. The van der Waals surface area contributed by atoms with Gasteiger partial charge in [-0.25, -0.2) is 0 Å². The Kier molecular flexibility index (Phi) is 6.67. The highest BCUT2D eigenvalue weighted by atomic mass is 127. The fraction of sp³-hybridized carbons (Fsp3) is 0.231. The number of benzene rings is 1. The van der Waals surface area contributed by atoms with E-state index in [0.717, 1.165) is 14.8 Å². The largest absolute Gasteiger partial charge is 0.360 e. The zero-order valence-corrected chi connectivity index (χ0v) is 13.2. The van der Waals surface area contributed by atoms with Gasteiger partial charge in [-0.2, -0.15) is 5.26 Å². The molecule has 0 aliphatic rings. The SMILES string of the molecule is Cc1cc(I)ccc1N/C=C(/C#N)C(=O)NCCCl. The van der Waals surface area contributed by atoms with Crippen LogP contribution in [-0.4, -0.2) is 18.3 Å². The molecule has 1 aromatic rings. The molecule has 100 valence electrons. The Balaban J connectivity index is 2.77. The van der Waals surface area contributed by atoms with Gasteiger partial charge in [-0.1, -0.05) is 0 Å². The summed E-state index contributed by atoms with van der Waals surface area (Å²) in [6, 6.07) is 7.71. The smallest absolute Gasteiger partial charge is 0.263 e. The number of carbonyl (C=O) groups excluding carboxylic acids is 1. The van der Waals surface area contributed by atoms with Crippen LogP contribution in [0.1, 0.15) is 5.56 Å². The molecule has 0 aliphatic heterocycles. The van der Waals surface area contributed by atoms with Gasteiger partial charge in [-0.05, 0) is 53.3 Å². The molecule has 1 rings (SSSR count). The molecule has 0 radical (unpaired) electrons. The summed E-state index contributed by atoms with van der Waals surface area (Å²) in [4.78, 5) is 11.6. The van der Waals surface area contributed by atoms with Gasteiger partial charge >= 0.3 is 0 Å². The van der Waals surface area contributed by atoms with E-state index in [9.17, 15) is 4.79 Å². The predicted molar refractivity (Wildman–Crippen MR) is 84.9 cm³/mol. The summed E-state index contributed by atoms with van der Waals surface area (Å²) < 4.78 is 1.13. The van der Waals surface area contributed by atoms with Gasteiger partial charge in [-0.15, -0.1) is 11.6 Å². The number of hydrogen-bond donors (Lipinski definition) is 2. The van der Waals surface area contributed by atoms with Gasteiger partial charge in [0.15, 0.2) is 0 Å². The molecule has 1 aromatic carbocycles. The molecule has 19 heavy (non-hydrogen) atoms. The van der Waals surface area contributed by atoms with Crippen LogP contribution in [0.5, 0.6) is 0 Å². The van der Waals surface area contributed by atoms with Crippen LogP contribution in [0.25, 0.3) is 0 Å². The molecule has 0 bridgehead atoms. The first-order chi connectivity index (χ1) is 9.08. The number of halogens is 2. The quantitative estimate of drug-likeness (QED) is 0.352. The van der Waals surface area contributed by atoms with Crippen molar-refractivity contribution in [2.45, 2.75) is 6.92 Å². The van der Waals surface area contributed by atoms with E-state index >= 15 is 0 Å². The minimum absolute atomic E-state index is 0.0167. The molecular weight excluding hydrogens is 377 g/mol. The molecule has 0 spiro atoms. The molecule has 4 nitrogen and oxygen atoms in total. The number of nitrogens with one attached hydrogen (secondary N) is 2. The third-order valence-corrected chi connectivity index (χ3v) is 3.17. The molecule has 0 atom stereocenters. The van der Waals surface area contributed by atoms with Crippen LogP contribution in [0.4, 0.5) is 5.69 Å².